The summed E-state index contributed by atoms with van der Waals surface area (Å²) in [6.07, 6.45) is 0. The molecule has 0 heterocycles. The van der Waals surface area contributed by atoms with Crippen molar-refractivity contribution in [3.8, 4) is 6.07 Å². The molecule has 1 N–H and O–H groups in total. The van der Waals surface area contributed by atoms with Gasteiger partial charge in [0.05, 0.1) is 12.0 Å². The molecule has 0 aromatic heterocycles. The number of benzene rings is 3. The molecular formula is C22H16Cl2N2O. The zero-order valence-electron chi connectivity index (χ0n) is 14.5. The quantitative estimate of drug-likeness (QED) is 0.571. The Labute approximate surface area is 168 Å². The third-order valence-electron chi connectivity index (χ3n) is 4.27. The molecule has 0 aliphatic carbocycles. The topological polar surface area (TPSA) is 52.9 Å². The number of nitrogens with one attached hydrogen (secondary N) is 1. The third kappa shape index (κ3) is 4.31. The molecule has 1 atom stereocenters. The van der Waals surface area contributed by atoms with Gasteiger partial charge in [-0.25, -0.2) is 0 Å². The highest BCUT2D eigenvalue weighted by Crippen LogP contribution is 2.34. The van der Waals surface area contributed by atoms with Crippen LogP contribution in [0.3, 0.4) is 0 Å². The lowest BCUT2D eigenvalue weighted by atomic mass is 9.91. The van der Waals surface area contributed by atoms with Crippen molar-refractivity contribution in [3.05, 3.63) is 99.0 Å². The number of hydrogen-bond acceptors (Lipinski definition) is 2. The molecule has 3 nitrogen and oxygen atoms in total. The van der Waals surface area contributed by atoms with Gasteiger partial charge in [-0.3, -0.25) is 4.79 Å². The Hall–Kier alpha value is -2.80. The standard InChI is InChI=1S/C22H16Cl2N2O/c1-14-11-18(19(13-25)15-7-9-17(23)10-8-15)20(24)12-21(14)26-22(27)16-5-3-2-4-6-16/h2-12,19H,1H3,(H,26,27)/t19-/m0/s1. The predicted molar refractivity (Wildman–Crippen MR) is 109 cm³/mol. The van der Waals surface area contributed by atoms with Crippen LogP contribution in [-0.4, -0.2) is 5.91 Å². The van der Waals surface area contributed by atoms with Gasteiger partial charge in [0.25, 0.3) is 5.91 Å². The summed E-state index contributed by atoms with van der Waals surface area (Å²) in [5.74, 6) is -0.732. The van der Waals surface area contributed by atoms with Gasteiger partial charge in [0.15, 0.2) is 0 Å². The smallest absolute Gasteiger partial charge is 0.255 e. The van der Waals surface area contributed by atoms with Gasteiger partial charge in [0.1, 0.15) is 0 Å². The number of rotatable bonds is 4. The van der Waals surface area contributed by atoms with Crippen LogP contribution in [0.1, 0.15) is 33.0 Å². The number of aryl methyl sites for hydroxylation is 1. The Morgan fingerprint density at radius 1 is 1.04 bits per heavy atom. The minimum atomic E-state index is -0.521. The van der Waals surface area contributed by atoms with Gasteiger partial charge in [-0.05, 0) is 53.9 Å². The summed E-state index contributed by atoms with van der Waals surface area (Å²) in [7, 11) is 0. The van der Waals surface area contributed by atoms with Gasteiger partial charge in [-0.1, -0.05) is 59.6 Å². The van der Waals surface area contributed by atoms with E-state index in [4.69, 9.17) is 23.2 Å². The fourth-order valence-electron chi connectivity index (χ4n) is 2.82. The highest BCUT2D eigenvalue weighted by atomic mass is 35.5. The molecule has 5 heteroatoms. The lowest BCUT2D eigenvalue weighted by Crippen LogP contribution is -2.13. The number of carbonyl (C=O) groups excluding carboxylic acids is 1. The molecule has 3 aromatic rings. The Kier molecular flexibility index (Phi) is 5.81. The van der Waals surface area contributed by atoms with E-state index in [0.717, 1.165) is 11.1 Å². The van der Waals surface area contributed by atoms with Crippen LogP contribution < -0.4 is 5.32 Å². The van der Waals surface area contributed by atoms with Crippen LogP contribution >= 0.6 is 23.2 Å². The maximum absolute atomic E-state index is 12.4. The molecule has 1 amide bonds. The number of amides is 1. The van der Waals surface area contributed by atoms with E-state index in [2.05, 4.69) is 11.4 Å². The first-order chi connectivity index (χ1) is 13.0. The number of nitrogens with zero attached hydrogens (tertiary/aromatic N) is 1. The van der Waals surface area contributed by atoms with Crippen molar-refractivity contribution in [2.24, 2.45) is 0 Å². The number of hydrogen-bond donors (Lipinski definition) is 1. The Bertz CT molecular complexity index is 1010. The number of nitriles is 1. The summed E-state index contributed by atoms with van der Waals surface area (Å²) in [5.41, 5.74) is 3.51. The van der Waals surface area contributed by atoms with E-state index >= 15 is 0 Å². The third-order valence-corrected chi connectivity index (χ3v) is 4.85. The summed E-state index contributed by atoms with van der Waals surface area (Å²) in [6.45, 7) is 1.87. The second kappa shape index (κ2) is 8.26. The van der Waals surface area contributed by atoms with Crippen molar-refractivity contribution >= 4 is 34.8 Å². The molecular weight excluding hydrogens is 379 g/mol. The van der Waals surface area contributed by atoms with Gasteiger partial charge >= 0.3 is 0 Å². The summed E-state index contributed by atoms with van der Waals surface area (Å²) in [5, 5.41) is 13.6. The van der Waals surface area contributed by atoms with Crippen LogP contribution in [-0.2, 0) is 0 Å². The van der Waals surface area contributed by atoms with Crippen LogP contribution in [0, 0.1) is 18.3 Å². The van der Waals surface area contributed by atoms with Crippen LogP contribution in [0.4, 0.5) is 5.69 Å². The normalized spacial score (nSPS) is 11.5. The zero-order chi connectivity index (χ0) is 19.4. The molecule has 0 bridgehead atoms. The maximum atomic E-state index is 12.4. The van der Waals surface area contributed by atoms with E-state index in [-0.39, 0.29) is 5.91 Å². The van der Waals surface area contributed by atoms with Crippen LogP contribution in [0.25, 0.3) is 0 Å². The van der Waals surface area contributed by atoms with Crippen LogP contribution in [0.2, 0.25) is 10.0 Å². The van der Waals surface area contributed by atoms with Crippen molar-refractivity contribution in [2.75, 3.05) is 5.32 Å². The molecule has 3 aromatic carbocycles. The molecule has 0 spiro atoms. The SMILES string of the molecule is Cc1cc([C@@H](C#N)c2ccc(Cl)cc2)c(Cl)cc1NC(=O)c1ccccc1. The summed E-state index contributed by atoms with van der Waals surface area (Å²) < 4.78 is 0. The second-order valence-corrected chi connectivity index (χ2v) is 6.97. The van der Waals surface area contributed by atoms with E-state index in [1.165, 1.54) is 0 Å². The predicted octanol–water partition coefficient (Wildman–Crippen LogP) is 6.21. The number of anilines is 1. The van der Waals surface area contributed by atoms with E-state index < -0.39 is 5.92 Å². The molecule has 3 rings (SSSR count). The highest BCUT2D eigenvalue weighted by molar-refractivity contribution is 6.32. The number of halogens is 2. The fourth-order valence-corrected chi connectivity index (χ4v) is 3.22. The van der Waals surface area contributed by atoms with Crippen LogP contribution in [0.15, 0.2) is 66.7 Å². The molecule has 0 aliphatic rings. The highest BCUT2D eigenvalue weighted by Gasteiger charge is 2.19. The summed E-state index contributed by atoms with van der Waals surface area (Å²) in [6, 6.07) is 21.9. The average molecular weight is 395 g/mol. The van der Waals surface area contributed by atoms with Gasteiger partial charge in [-0.15, -0.1) is 0 Å². The molecule has 0 saturated heterocycles. The van der Waals surface area contributed by atoms with Crippen molar-refractivity contribution in [3.63, 3.8) is 0 Å². The Morgan fingerprint density at radius 3 is 2.33 bits per heavy atom. The first-order valence-corrected chi connectivity index (χ1v) is 9.06. The first-order valence-electron chi connectivity index (χ1n) is 8.31. The Morgan fingerprint density at radius 2 is 1.70 bits per heavy atom. The molecule has 0 fully saturated rings. The van der Waals surface area contributed by atoms with Gasteiger partial charge < -0.3 is 5.32 Å². The molecule has 0 saturated carbocycles. The minimum absolute atomic E-state index is 0.211. The van der Waals surface area contributed by atoms with Crippen molar-refractivity contribution < 1.29 is 4.79 Å². The zero-order valence-corrected chi connectivity index (χ0v) is 16.1. The Balaban J connectivity index is 1.91. The second-order valence-electron chi connectivity index (χ2n) is 6.12. The number of carbonyl (C=O) groups is 1. The lowest BCUT2D eigenvalue weighted by molar-refractivity contribution is 0.102. The van der Waals surface area contributed by atoms with Crippen LogP contribution in [0.5, 0.6) is 0 Å². The van der Waals surface area contributed by atoms with Gasteiger partial charge in [0.2, 0.25) is 0 Å². The van der Waals surface area contributed by atoms with Crippen molar-refractivity contribution in [1.82, 2.24) is 0 Å². The van der Waals surface area contributed by atoms with Gasteiger partial charge in [-0.2, -0.15) is 5.26 Å². The lowest BCUT2D eigenvalue weighted by Gasteiger charge is -2.16. The maximum Gasteiger partial charge on any atom is 0.255 e. The first kappa shape index (κ1) is 19.0. The minimum Gasteiger partial charge on any atom is -0.322 e. The van der Waals surface area contributed by atoms with E-state index in [9.17, 15) is 10.1 Å². The monoisotopic (exact) mass is 394 g/mol. The molecule has 27 heavy (non-hydrogen) atoms. The molecule has 0 unspecified atom stereocenters. The average Bonchev–Trinajstić information content (AvgIpc) is 2.68. The van der Waals surface area contributed by atoms with Crippen molar-refractivity contribution in [2.45, 2.75) is 12.8 Å². The van der Waals surface area contributed by atoms with Crippen molar-refractivity contribution in [1.29, 1.82) is 5.26 Å². The molecule has 0 aliphatic heterocycles. The summed E-state index contributed by atoms with van der Waals surface area (Å²) in [4.78, 5) is 12.4. The molecule has 134 valence electrons. The molecule has 0 radical (unpaired) electrons. The van der Waals surface area contributed by atoms with E-state index in [1.54, 1.807) is 30.3 Å². The largest absolute Gasteiger partial charge is 0.322 e. The van der Waals surface area contributed by atoms with E-state index in [1.807, 2.05) is 43.3 Å². The van der Waals surface area contributed by atoms with E-state index in [0.29, 0.717) is 26.9 Å². The van der Waals surface area contributed by atoms with Gasteiger partial charge in [0, 0.05) is 21.3 Å². The fraction of sp³-hybridized carbons (Fsp3) is 0.0909. The summed E-state index contributed by atoms with van der Waals surface area (Å²) >= 11 is 12.4.